The van der Waals surface area contributed by atoms with Crippen LogP contribution in [-0.2, 0) is 16.1 Å². The SMILES string of the molecule is O=C(O)[C@@H]1COCCN1C(=O)c1cn(Cc2cccs2)nn1. The van der Waals surface area contributed by atoms with Gasteiger partial charge in [-0.05, 0) is 11.4 Å². The first-order valence-corrected chi connectivity index (χ1v) is 7.57. The van der Waals surface area contributed by atoms with E-state index >= 15 is 0 Å². The Morgan fingerprint density at radius 1 is 1.50 bits per heavy atom. The van der Waals surface area contributed by atoms with Crippen molar-refractivity contribution in [3.63, 3.8) is 0 Å². The number of morpholine rings is 1. The van der Waals surface area contributed by atoms with Gasteiger partial charge in [-0.3, -0.25) is 4.79 Å². The number of thiophene rings is 1. The maximum Gasteiger partial charge on any atom is 0.328 e. The summed E-state index contributed by atoms with van der Waals surface area (Å²) in [5, 5.41) is 18.9. The number of carbonyl (C=O) groups is 2. The van der Waals surface area contributed by atoms with Crippen molar-refractivity contribution < 1.29 is 19.4 Å². The van der Waals surface area contributed by atoms with Crippen LogP contribution in [0.25, 0.3) is 0 Å². The maximum absolute atomic E-state index is 12.4. The van der Waals surface area contributed by atoms with Crippen LogP contribution in [0.1, 0.15) is 15.4 Å². The number of hydrogen-bond donors (Lipinski definition) is 1. The summed E-state index contributed by atoms with van der Waals surface area (Å²) in [6.45, 7) is 1.07. The zero-order valence-electron chi connectivity index (χ0n) is 11.6. The van der Waals surface area contributed by atoms with Crippen LogP contribution in [0.15, 0.2) is 23.7 Å². The third-order valence-corrected chi connectivity index (χ3v) is 4.19. The van der Waals surface area contributed by atoms with Crippen LogP contribution < -0.4 is 0 Å². The van der Waals surface area contributed by atoms with Crippen molar-refractivity contribution in [2.45, 2.75) is 12.6 Å². The van der Waals surface area contributed by atoms with Gasteiger partial charge in [0.25, 0.3) is 5.91 Å². The van der Waals surface area contributed by atoms with E-state index in [0.29, 0.717) is 13.2 Å². The number of carboxylic acids is 1. The number of hydrogen-bond acceptors (Lipinski definition) is 6. The lowest BCUT2D eigenvalue weighted by Crippen LogP contribution is -2.52. The molecule has 1 amide bonds. The third-order valence-electron chi connectivity index (χ3n) is 3.33. The van der Waals surface area contributed by atoms with E-state index in [1.165, 1.54) is 11.1 Å². The van der Waals surface area contributed by atoms with Gasteiger partial charge in [0.05, 0.1) is 26.0 Å². The average Bonchev–Trinajstić information content (AvgIpc) is 3.19. The van der Waals surface area contributed by atoms with Gasteiger partial charge in [-0.15, -0.1) is 16.4 Å². The molecule has 1 aliphatic heterocycles. The predicted molar refractivity (Wildman–Crippen MR) is 76.7 cm³/mol. The highest BCUT2D eigenvalue weighted by atomic mass is 32.1. The molecule has 3 rings (SSSR count). The molecule has 0 spiro atoms. The Morgan fingerprint density at radius 2 is 2.36 bits per heavy atom. The summed E-state index contributed by atoms with van der Waals surface area (Å²) in [5.41, 5.74) is 0.143. The van der Waals surface area contributed by atoms with Crippen molar-refractivity contribution in [3.8, 4) is 0 Å². The second kappa shape index (κ2) is 6.24. The molecule has 0 saturated carbocycles. The molecule has 1 aliphatic rings. The Hall–Kier alpha value is -2.26. The number of carboxylic acid groups (broad SMARTS) is 1. The van der Waals surface area contributed by atoms with E-state index < -0.39 is 17.9 Å². The molecule has 2 aromatic heterocycles. The molecule has 9 heteroatoms. The standard InChI is InChI=1S/C13H14N4O4S/c18-12(17-3-4-21-8-11(17)13(19)20)10-7-16(15-14-10)6-9-2-1-5-22-9/h1-2,5,7,11H,3-4,6,8H2,(H,19,20)/t11-/m0/s1. The minimum atomic E-state index is -1.08. The molecule has 1 fully saturated rings. The Bertz CT molecular complexity index is 669. The zero-order chi connectivity index (χ0) is 15.5. The topological polar surface area (TPSA) is 97.6 Å². The number of rotatable bonds is 4. The molecule has 116 valence electrons. The number of amides is 1. The van der Waals surface area contributed by atoms with Gasteiger partial charge >= 0.3 is 5.97 Å². The molecule has 1 N–H and O–H groups in total. The van der Waals surface area contributed by atoms with E-state index in [1.54, 1.807) is 16.0 Å². The number of nitrogens with zero attached hydrogens (tertiary/aromatic N) is 4. The fourth-order valence-corrected chi connectivity index (χ4v) is 2.93. The summed E-state index contributed by atoms with van der Waals surface area (Å²) < 4.78 is 6.69. The predicted octanol–water partition coefficient (Wildman–Crippen LogP) is 0.313. The lowest BCUT2D eigenvalue weighted by Gasteiger charge is -2.32. The number of carbonyl (C=O) groups excluding carboxylic acids is 1. The van der Waals surface area contributed by atoms with Gasteiger partial charge in [-0.25, -0.2) is 9.48 Å². The summed E-state index contributed by atoms with van der Waals surface area (Å²) >= 11 is 1.59. The molecule has 22 heavy (non-hydrogen) atoms. The van der Waals surface area contributed by atoms with Gasteiger partial charge in [0.2, 0.25) is 0 Å². The van der Waals surface area contributed by atoms with Gasteiger partial charge in [0.15, 0.2) is 11.7 Å². The van der Waals surface area contributed by atoms with Gasteiger partial charge in [0.1, 0.15) is 0 Å². The van der Waals surface area contributed by atoms with Crippen LogP contribution in [0.2, 0.25) is 0 Å². The molecule has 0 aromatic carbocycles. The fourth-order valence-electron chi connectivity index (χ4n) is 2.23. The molecule has 1 atom stereocenters. The number of aromatic nitrogens is 3. The van der Waals surface area contributed by atoms with E-state index in [1.807, 2.05) is 17.5 Å². The molecule has 0 aliphatic carbocycles. The van der Waals surface area contributed by atoms with Crippen LogP contribution in [0, 0.1) is 0 Å². The van der Waals surface area contributed by atoms with Crippen LogP contribution in [0.5, 0.6) is 0 Å². The summed E-state index contributed by atoms with van der Waals surface area (Å²) in [4.78, 5) is 26.0. The molecule has 2 aromatic rings. The van der Waals surface area contributed by atoms with E-state index in [0.717, 1.165) is 4.88 Å². The van der Waals surface area contributed by atoms with Gasteiger partial charge in [0, 0.05) is 11.4 Å². The first kappa shape index (κ1) is 14.7. The monoisotopic (exact) mass is 322 g/mol. The zero-order valence-corrected chi connectivity index (χ0v) is 12.4. The Labute approximate surface area is 129 Å². The van der Waals surface area contributed by atoms with Crippen molar-refractivity contribution >= 4 is 23.2 Å². The van der Waals surface area contributed by atoms with Crippen molar-refractivity contribution in [1.82, 2.24) is 19.9 Å². The number of aliphatic carboxylic acids is 1. The Morgan fingerprint density at radius 3 is 3.09 bits per heavy atom. The van der Waals surface area contributed by atoms with E-state index in [-0.39, 0.29) is 18.8 Å². The lowest BCUT2D eigenvalue weighted by atomic mass is 10.2. The van der Waals surface area contributed by atoms with E-state index in [4.69, 9.17) is 9.84 Å². The van der Waals surface area contributed by atoms with Crippen LogP contribution in [0.3, 0.4) is 0 Å². The minimum Gasteiger partial charge on any atom is -0.480 e. The second-order valence-corrected chi connectivity index (χ2v) is 5.84. The minimum absolute atomic E-state index is 0.00952. The van der Waals surface area contributed by atoms with Gasteiger partial charge in [-0.2, -0.15) is 0 Å². The molecule has 1 saturated heterocycles. The molecule has 8 nitrogen and oxygen atoms in total. The quantitative estimate of drug-likeness (QED) is 0.870. The highest BCUT2D eigenvalue weighted by Gasteiger charge is 2.34. The summed E-state index contributed by atoms with van der Waals surface area (Å²) in [7, 11) is 0. The largest absolute Gasteiger partial charge is 0.480 e. The lowest BCUT2D eigenvalue weighted by molar-refractivity contribution is -0.147. The number of ether oxygens (including phenoxy) is 1. The van der Waals surface area contributed by atoms with Gasteiger partial charge in [-0.1, -0.05) is 11.3 Å². The molecular formula is C13H14N4O4S. The molecular weight excluding hydrogens is 308 g/mol. The highest BCUT2D eigenvalue weighted by Crippen LogP contribution is 2.13. The van der Waals surface area contributed by atoms with Crippen LogP contribution in [0.4, 0.5) is 0 Å². The smallest absolute Gasteiger partial charge is 0.328 e. The molecule has 3 heterocycles. The Balaban J connectivity index is 1.74. The maximum atomic E-state index is 12.4. The summed E-state index contributed by atoms with van der Waals surface area (Å²) in [6, 6.07) is 2.92. The van der Waals surface area contributed by atoms with Crippen molar-refractivity contribution in [2.24, 2.45) is 0 Å². The van der Waals surface area contributed by atoms with Gasteiger partial charge < -0.3 is 14.7 Å². The van der Waals surface area contributed by atoms with Crippen LogP contribution in [-0.4, -0.2) is 62.7 Å². The highest BCUT2D eigenvalue weighted by molar-refractivity contribution is 7.09. The third kappa shape index (κ3) is 3.00. The first-order valence-electron chi connectivity index (χ1n) is 6.69. The second-order valence-electron chi connectivity index (χ2n) is 4.81. The first-order chi connectivity index (χ1) is 10.6. The Kier molecular flexibility index (Phi) is 4.16. The summed E-state index contributed by atoms with van der Waals surface area (Å²) in [6.07, 6.45) is 1.54. The molecule has 0 bridgehead atoms. The molecule has 0 unspecified atom stereocenters. The van der Waals surface area contributed by atoms with E-state index in [2.05, 4.69) is 10.3 Å². The van der Waals surface area contributed by atoms with Crippen molar-refractivity contribution in [1.29, 1.82) is 0 Å². The van der Waals surface area contributed by atoms with Crippen molar-refractivity contribution in [2.75, 3.05) is 19.8 Å². The fraction of sp³-hybridized carbons (Fsp3) is 0.385. The summed E-state index contributed by atoms with van der Waals surface area (Å²) in [5.74, 6) is -1.52. The normalized spacial score (nSPS) is 18.4. The molecule has 0 radical (unpaired) electrons. The van der Waals surface area contributed by atoms with Crippen LogP contribution >= 0.6 is 11.3 Å². The van der Waals surface area contributed by atoms with E-state index in [9.17, 15) is 9.59 Å². The average molecular weight is 322 g/mol. The van der Waals surface area contributed by atoms with Crippen molar-refractivity contribution in [3.05, 3.63) is 34.3 Å².